The van der Waals surface area contributed by atoms with Gasteiger partial charge >= 0.3 is 5.69 Å². The zero-order valence-electron chi connectivity index (χ0n) is 20.6. The first-order chi connectivity index (χ1) is 18.4. The smallest absolute Gasteiger partial charge is 0.349 e. The van der Waals surface area contributed by atoms with Crippen molar-refractivity contribution in [2.45, 2.75) is 20.3 Å². The van der Waals surface area contributed by atoms with Gasteiger partial charge in [-0.15, -0.1) is 0 Å². The summed E-state index contributed by atoms with van der Waals surface area (Å²) in [7, 11) is 0. The van der Waals surface area contributed by atoms with Gasteiger partial charge in [0.2, 0.25) is 5.69 Å². The van der Waals surface area contributed by atoms with Crippen LogP contribution in [0.5, 0.6) is 34.5 Å². The fourth-order valence-corrected chi connectivity index (χ4v) is 4.17. The molecule has 0 aliphatic rings. The Balaban J connectivity index is 1.56. The molecule has 1 amide bonds. The standard InChI is InChI=1S/C26H23BrN4O8/c1-12-7-15(8-13(2)23(12)39-16-3-4-18(32)17(27)11-16)31-26(38)29-25(37)21(30-31)24(36)28-6-5-14-9-19(33)22(35)20(34)10-14/h3-4,7-11,32-35H,5-6H2,1-2H3,(H,28,36)(H,29,37,38). The molecule has 0 unspecified atom stereocenters. The highest BCUT2D eigenvalue weighted by molar-refractivity contribution is 9.10. The van der Waals surface area contributed by atoms with Crippen LogP contribution in [0.3, 0.4) is 0 Å². The number of ether oxygens (including phenoxy) is 1. The van der Waals surface area contributed by atoms with Crippen molar-refractivity contribution in [3.05, 3.63) is 90.2 Å². The van der Waals surface area contributed by atoms with Crippen LogP contribution >= 0.6 is 15.9 Å². The van der Waals surface area contributed by atoms with E-state index in [2.05, 4.69) is 31.3 Å². The van der Waals surface area contributed by atoms with Crippen molar-refractivity contribution < 1.29 is 30.0 Å². The highest BCUT2D eigenvalue weighted by Gasteiger charge is 2.18. The van der Waals surface area contributed by atoms with E-state index in [9.17, 15) is 34.8 Å². The lowest BCUT2D eigenvalue weighted by Crippen LogP contribution is -2.39. The van der Waals surface area contributed by atoms with Crippen molar-refractivity contribution in [1.82, 2.24) is 20.1 Å². The van der Waals surface area contributed by atoms with Gasteiger partial charge < -0.3 is 30.5 Å². The molecule has 13 heteroatoms. The van der Waals surface area contributed by atoms with Gasteiger partial charge in [0, 0.05) is 6.54 Å². The Labute approximate surface area is 228 Å². The van der Waals surface area contributed by atoms with Gasteiger partial charge in [0.15, 0.2) is 17.2 Å². The van der Waals surface area contributed by atoms with Gasteiger partial charge in [0.1, 0.15) is 17.2 Å². The quantitative estimate of drug-likeness (QED) is 0.174. The summed E-state index contributed by atoms with van der Waals surface area (Å²) in [6.45, 7) is 3.51. The summed E-state index contributed by atoms with van der Waals surface area (Å²) in [5, 5.41) is 44.9. The molecule has 0 aliphatic carbocycles. The summed E-state index contributed by atoms with van der Waals surface area (Å²) in [5.41, 5.74) is -0.379. The SMILES string of the molecule is Cc1cc(-n2nc(C(=O)NCCc3cc(O)c(O)c(O)c3)c(=O)[nH]c2=O)cc(C)c1Oc1ccc(O)c(Br)c1. The molecule has 3 aromatic carbocycles. The molecule has 0 saturated heterocycles. The molecule has 0 radical (unpaired) electrons. The minimum atomic E-state index is -0.972. The first kappa shape index (κ1) is 27.3. The summed E-state index contributed by atoms with van der Waals surface area (Å²) in [5.74, 6) is -1.48. The number of aromatic amines is 1. The van der Waals surface area contributed by atoms with Crippen LogP contribution in [0.25, 0.3) is 5.69 Å². The molecule has 0 fully saturated rings. The van der Waals surface area contributed by atoms with Crippen molar-refractivity contribution >= 4 is 21.8 Å². The minimum absolute atomic E-state index is 0.000359. The van der Waals surface area contributed by atoms with Crippen LogP contribution < -0.4 is 21.3 Å². The van der Waals surface area contributed by atoms with E-state index in [-0.39, 0.29) is 24.4 Å². The molecule has 1 heterocycles. The van der Waals surface area contributed by atoms with Gasteiger partial charge in [-0.3, -0.25) is 14.6 Å². The molecule has 0 saturated carbocycles. The number of H-pyrrole nitrogens is 1. The predicted molar refractivity (Wildman–Crippen MR) is 143 cm³/mol. The summed E-state index contributed by atoms with van der Waals surface area (Å²) < 4.78 is 7.32. The average molecular weight is 599 g/mol. The van der Waals surface area contributed by atoms with E-state index in [0.717, 1.165) is 4.68 Å². The lowest BCUT2D eigenvalue weighted by molar-refractivity contribution is 0.0945. The van der Waals surface area contributed by atoms with Gasteiger partial charge in [-0.05, 0) is 95.4 Å². The normalized spacial score (nSPS) is 10.8. The largest absolute Gasteiger partial charge is 0.507 e. The predicted octanol–water partition coefficient (Wildman–Crippen LogP) is 2.89. The van der Waals surface area contributed by atoms with Crippen LogP contribution in [0.2, 0.25) is 0 Å². The van der Waals surface area contributed by atoms with Gasteiger partial charge in [0.25, 0.3) is 11.5 Å². The Morgan fingerprint density at radius 3 is 2.26 bits per heavy atom. The Bertz CT molecular complexity index is 1670. The number of aromatic nitrogens is 3. The van der Waals surface area contributed by atoms with Gasteiger partial charge in [-0.1, -0.05) is 0 Å². The van der Waals surface area contributed by atoms with Gasteiger partial charge in [-0.25, -0.2) is 4.79 Å². The molecule has 0 atom stereocenters. The van der Waals surface area contributed by atoms with Crippen LogP contribution in [0, 0.1) is 13.8 Å². The van der Waals surface area contributed by atoms with Crippen molar-refractivity contribution in [1.29, 1.82) is 0 Å². The highest BCUT2D eigenvalue weighted by Crippen LogP contribution is 2.36. The number of aryl methyl sites for hydroxylation is 2. The van der Waals surface area contributed by atoms with Crippen LogP contribution in [-0.4, -0.2) is 47.6 Å². The van der Waals surface area contributed by atoms with E-state index in [1.807, 2.05) is 0 Å². The maximum atomic E-state index is 12.7. The number of aromatic hydroxyl groups is 4. The van der Waals surface area contributed by atoms with Crippen molar-refractivity contribution in [3.63, 3.8) is 0 Å². The highest BCUT2D eigenvalue weighted by atomic mass is 79.9. The van der Waals surface area contributed by atoms with E-state index >= 15 is 0 Å². The molecule has 1 aromatic heterocycles. The molecular weight excluding hydrogens is 576 g/mol. The van der Waals surface area contributed by atoms with Crippen LogP contribution in [-0.2, 0) is 6.42 Å². The van der Waals surface area contributed by atoms with E-state index in [1.54, 1.807) is 38.1 Å². The molecule has 202 valence electrons. The van der Waals surface area contributed by atoms with Crippen molar-refractivity contribution in [3.8, 4) is 40.2 Å². The van der Waals surface area contributed by atoms with Gasteiger partial charge in [0.05, 0.1) is 10.2 Å². The Kier molecular flexibility index (Phi) is 7.63. The first-order valence-corrected chi connectivity index (χ1v) is 12.3. The molecule has 39 heavy (non-hydrogen) atoms. The molecule has 0 aliphatic heterocycles. The van der Waals surface area contributed by atoms with E-state index in [1.165, 1.54) is 18.2 Å². The third-order valence-corrected chi connectivity index (χ3v) is 6.34. The number of nitrogens with one attached hydrogen (secondary N) is 2. The zero-order valence-corrected chi connectivity index (χ0v) is 22.2. The number of rotatable bonds is 7. The first-order valence-electron chi connectivity index (χ1n) is 11.5. The van der Waals surface area contributed by atoms with E-state index in [0.29, 0.717) is 32.7 Å². The molecule has 12 nitrogen and oxygen atoms in total. The zero-order chi connectivity index (χ0) is 28.4. The van der Waals surface area contributed by atoms with Crippen molar-refractivity contribution in [2.24, 2.45) is 0 Å². The molecule has 0 bridgehead atoms. The number of nitrogens with zero attached hydrogens (tertiary/aromatic N) is 2. The maximum Gasteiger partial charge on any atom is 0.349 e. The number of halogens is 1. The fourth-order valence-electron chi connectivity index (χ4n) is 3.81. The molecule has 6 N–H and O–H groups in total. The number of phenols is 4. The lowest BCUT2D eigenvalue weighted by Gasteiger charge is -2.15. The fraction of sp³-hybridized carbons (Fsp3) is 0.154. The molecule has 4 aromatic rings. The Hall–Kier alpha value is -4.78. The number of amides is 1. The second kappa shape index (κ2) is 10.9. The number of phenolic OH excluding ortho intramolecular Hbond substituents is 4. The Morgan fingerprint density at radius 1 is 1.00 bits per heavy atom. The molecule has 0 spiro atoms. The molecule has 4 rings (SSSR count). The van der Waals surface area contributed by atoms with Crippen molar-refractivity contribution in [2.75, 3.05) is 6.54 Å². The topological polar surface area (TPSA) is 187 Å². The number of hydrogen-bond acceptors (Lipinski definition) is 9. The number of benzene rings is 3. The van der Waals surface area contributed by atoms with Gasteiger partial charge in [-0.2, -0.15) is 9.78 Å². The van der Waals surface area contributed by atoms with E-state index in [4.69, 9.17) is 4.74 Å². The van der Waals surface area contributed by atoms with E-state index < -0.39 is 40.1 Å². The lowest BCUT2D eigenvalue weighted by atomic mass is 10.1. The maximum absolute atomic E-state index is 12.7. The number of carbonyl (C=O) groups excluding carboxylic acids is 1. The summed E-state index contributed by atoms with van der Waals surface area (Å²) >= 11 is 3.24. The second-order valence-electron chi connectivity index (χ2n) is 8.63. The minimum Gasteiger partial charge on any atom is -0.507 e. The summed E-state index contributed by atoms with van der Waals surface area (Å²) in [6, 6.07) is 10.3. The second-order valence-corrected chi connectivity index (χ2v) is 9.49. The third kappa shape index (κ3) is 5.88. The van der Waals surface area contributed by atoms with Crippen LogP contribution in [0.15, 0.2) is 56.5 Å². The summed E-state index contributed by atoms with van der Waals surface area (Å²) in [6.07, 6.45) is 0.155. The monoisotopic (exact) mass is 598 g/mol. The molecular formula is C26H23BrN4O8. The van der Waals surface area contributed by atoms with Crippen LogP contribution in [0.4, 0.5) is 0 Å². The third-order valence-electron chi connectivity index (χ3n) is 5.70. The number of hydrogen-bond donors (Lipinski definition) is 6. The van der Waals surface area contributed by atoms with Crippen LogP contribution in [0.1, 0.15) is 27.2 Å². The Morgan fingerprint density at radius 2 is 1.64 bits per heavy atom. The number of carbonyl (C=O) groups is 1. The average Bonchev–Trinajstić information content (AvgIpc) is 2.86. The summed E-state index contributed by atoms with van der Waals surface area (Å²) in [4.78, 5) is 39.7.